The smallest absolute Gasteiger partial charge is 0.481 e. The summed E-state index contributed by atoms with van der Waals surface area (Å²) in [6.07, 6.45) is 0.132. The van der Waals surface area contributed by atoms with E-state index in [2.05, 4.69) is 4.74 Å². The molecule has 0 bridgehead atoms. The van der Waals surface area contributed by atoms with Crippen LogP contribution in [0, 0.1) is 0 Å². The highest BCUT2D eigenvalue weighted by atomic mass is 35.5. The average molecular weight is 530 g/mol. The average Bonchev–Trinajstić information content (AvgIpc) is 3.30. The SMILES string of the molecule is COC(=O)Oc1ccc2c(c1)c(C(=O)CCC(=O)O)cn2-c1nc(-c2ccccc2)c2cc(Cl)ccc2n1. The second-order valence-electron chi connectivity index (χ2n) is 8.36. The number of fused-ring (bicyclic) bond motifs is 2. The fraction of sp³-hybridized carbons (Fsp3) is 0.107. The predicted molar refractivity (Wildman–Crippen MR) is 141 cm³/mol. The summed E-state index contributed by atoms with van der Waals surface area (Å²) in [5.74, 6) is -1.01. The first-order valence-corrected chi connectivity index (χ1v) is 11.9. The molecule has 0 aliphatic carbocycles. The van der Waals surface area contributed by atoms with Gasteiger partial charge in [0.25, 0.3) is 0 Å². The molecule has 10 heteroatoms. The number of aliphatic carboxylic acids is 1. The lowest BCUT2D eigenvalue weighted by Crippen LogP contribution is -2.07. The minimum absolute atomic E-state index is 0.161. The fourth-order valence-electron chi connectivity index (χ4n) is 4.17. The molecule has 0 atom stereocenters. The van der Waals surface area contributed by atoms with Gasteiger partial charge in [0.15, 0.2) is 5.78 Å². The molecule has 0 unspecified atom stereocenters. The van der Waals surface area contributed by atoms with Crippen LogP contribution in [-0.4, -0.2) is 44.7 Å². The number of benzene rings is 3. The van der Waals surface area contributed by atoms with Crippen LogP contribution in [0.2, 0.25) is 5.02 Å². The highest BCUT2D eigenvalue weighted by Gasteiger charge is 2.21. The van der Waals surface area contributed by atoms with Crippen LogP contribution < -0.4 is 4.74 Å². The Morgan fingerprint density at radius 2 is 1.74 bits per heavy atom. The van der Waals surface area contributed by atoms with Crippen molar-refractivity contribution in [2.45, 2.75) is 12.8 Å². The van der Waals surface area contributed by atoms with E-state index in [9.17, 15) is 14.4 Å². The lowest BCUT2D eigenvalue weighted by atomic mass is 10.1. The maximum atomic E-state index is 13.1. The Hall–Kier alpha value is -4.76. The molecule has 0 radical (unpaired) electrons. The number of hydrogen-bond donors (Lipinski definition) is 1. The van der Waals surface area contributed by atoms with Crippen molar-refractivity contribution >= 4 is 51.3 Å². The Morgan fingerprint density at radius 3 is 2.47 bits per heavy atom. The van der Waals surface area contributed by atoms with Gasteiger partial charge in [-0.15, -0.1) is 0 Å². The third-order valence-electron chi connectivity index (χ3n) is 5.92. The lowest BCUT2D eigenvalue weighted by Gasteiger charge is -2.11. The fourth-order valence-corrected chi connectivity index (χ4v) is 4.34. The number of halogens is 1. The van der Waals surface area contributed by atoms with Crippen LogP contribution in [0.5, 0.6) is 5.75 Å². The van der Waals surface area contributed by atoms with Crippen molar-refractivity contribution in [3.8, 4) is 23.0 Å². The van der Waals surface area contributed by atoms with Gasteiger partial charge in [-0.3, -0.25) is 14.2 Å². The van der Waals surface area contributed by atoms with Crippen molar-refractivity contribution in [1.29, 1.82) is 0 Å². The number of aromatic nitrogens is 3. The van der Waals surface area contributed by atoms with Gasteiger partial charge in [0.1, 0.15) is 5.75 Å². The largest absolute Gasteiger partial charge is 0.513 e. The summed E-state index contributed by atoms with van der Waals surface area (Å²) in [7, 11) is 1.19. The van der Waals surface area contributed by atoms with E-state index in [0.717, 1.165) is 10.9 Å². The molecule has 2 heterocycles. The minimum Gasteiger partial charge on any atom is -0.481 e. The van der Waals surface area contributed by atoms with Gasteiger partial charge in [0, 0.05) is 39.5 Å². The van der Waals surface area contributed by atoms with Crippen LogP contribution in [0.15, 0.2) is 72.9 Å². The van der Waals surface area contributed by atoms with Crippen molar-refractivity contribution in [3.05, 3.63) is 83.5 Å². The van der Waals surface area contributed by atoms with Crippen LogP contribution >= 0.6 is 11.6 Å². The van der Waals surface area contributed by atoms with Gasteiger partial charge >= 0.3 is 12.1 Å². The van der Waals surface area contributed by atoms with Crippen molar-refractivity contribution in [3.63, 3.8) is 0 Å². The second-order valence-corrected chi connectivity index (χ2v) is 8.80. The lowest BCUT2D eigenvalue weighted by molar-refractivity contribution is -0.136. The molecule has 0 amide bonds. The maximum absolute atomic E-state index is 13.1. The summed E-state index contributed by atoms with van der Waals surface area (Å²) < 4.78 is 11.4. The summed E-state index contributed by atoms with van der Waals surface area (Å²) >= 11 is 6.28. The van der Waals surface area contributed by atoms with E-state index in [1.807, 2.05) is 30.3 Å². The molecule has 2 aromatic heterocycles. The molecular formula is C28H20ClN3O6. The number of nitrogens with zero attached hydrogens (tertiary/aromatic N) is 3. The normalized spacial score (nSPS) is 11.0. The van der Waals surface area contributed by atoms with Crippen LogP contribution in [0.1, 0.15) is 23.2 Å². The molecular weight excluding hydrogens is 510 g/mol. The number of ketones is 1. The molecule has 3 aromatic carbocycles. The predicted octanol–water partition coefficient (Wildman–Crippen LogP) is 6.09. The standard InChI is InChI=1S/C28H20ClN3O6/c1-37-28(36)38-18-8-10-23-19(14-18)21(24(33)11-12-25(34)35)15-32(23)27-30-22-9-7-17(29)13-20(22)26(31-27)16-5-3-2-4-6-16/h2-10,13-15H,11-12H2,1H3,(H,34,35). The van der Waals surface area contributed by atoms with Crippen LogP contribution in [-0.2, 0) is 9.53 Å². The third-order valence-corrected chi connectivity index (χ3v) is 6.15. The van der Waals surface area contributed by atoms with E-state index in [0.29, 0.717) is 33.1 Å². The molecule has 190 valence electrons. The van der Waals surface area contributed by atoms with Crippen LogP contribution in [0.3, 0.4) is 0 Å². The highest BCUT2D eigenvalue weighted by molar-refractivity contribution is 6.31. The van der Waals surface area contributed by atoms with E-state index in [1.165, 1.54) is 13.2 Å². The van der Waals surface area contributed by atoms with Gasteiger partial charge in [0.2, 0.25) is 5.95 Å². The van der Waals surface area contributed by atoms with Gasteiger partial charge in [0.05, 0.1) is 30.3 Å². The summed E-state index contributed by atoms with van der Waals surface area (Å²) in [6.45, 7) is 0. The summed E-state index contributed by atoms with van der Waals surface area (Å²) in [4.78, 5) is 45.4. The minimum atomic E-state index is -1.08. The Kier molecular flexibility index (Phi) is 6.76. The number of carboxylic acids is 1. The molecule has 5 aromatic rings. The van der Waals surface area contributed by atoms with Gasteiger partial charge < -0.3 is 14.6 Å². The molecule has 5 rings (SSSR count). The third kappa shape index (κ3) is 4.91. The van der Waals surface area contributed by atoms with Gasteiger partial charge in [-0.2, -0.15) is 0 Å². The number of carbonyl (C=O) groups excluding carboxylic acids is 2. The molecule has 0 aliphatic rings. The molecule has 38 heavy (non-hydrogen) atoms. The first-order valence-electron chi connectivity index (χ1n) is 11.5. The number of Topliss-reactive ketones (excluding diaryl/α,β-unsaturated/α-hetero) is 1. The number of hydrogen-bond acceptors (Lipinski definition) is 7. The van der Waals surface area contributed by atoms with Crippen LogP contribution in [0.25, 0.3) is 39.0 Å². The second kappa shape index (κ2) is 10.3. The molecule has 9 nitrogen and oxygen atoms in total. The zero-order valence-electron chi connectivity index (χ0n) is 20.1. The van der Waals surface area contributed by atoms with Gasteiger partial charge in [-0.05, 0) is 36.4 Å². The molecule has 1 N–H and O–H groups in total. The number of carbonyl (C=O) groups is 3. The monoisotopic (exact) mass is 529 g/mol. The molecule has 0 saturated heterocycles. The molecule has 0 saturated carbocycles. The number of carboxylic acid groups (broad SMARTS) is 1. The van der Waals surface area contributed by atoms with Crippen molar-refractivity contribution < 1.29 is 29.0 Å². The maximum Gasteiger partial charge on any atom is 0.513 e. The van der Waals surface area contributed by atoms with Gasteiger partial charge in [-0.25, -0.2) is 14.8 Å². The van der Waals surface area contributed by atoms with Crippen LogP contribution in [0.4, 0.5) is 4.79 Å². The Balaban J connectivity index is 1.73. The number of methoxy groups -OCH3 is 1. The van der Waals surface area contributed by atoms with E-state index in [1.54, 1.807) is 41.1 Å². The topological polar surface area (TPSA) is 121 Å². The van der Waals surface area contributed by atoms with E-state index < -0.39 is 12.1 Å². The zero-order chi connectivity index (χ0) is 26.8. The molecule has 0 fully saturated rings. The first-order chi connectivity index (χ1) is 18.3. The molecule has 0 spiro atoms. The van der Waals surface area contributed by atoms with E-state index in [4.69, 9.17) is 31.4 Å². The summed E-state index contributed by atoms with van der Waals surface area (Å²) in [5.41, 5.74) is 2.96. The Bertz CT molecular complexity index is 1710. The summed E-state index contributed by atoms with van der Waals surface area (Å²) in [5, 5.41) is 10.8. The quantitative estimate of drug-likeness (QED) is 0.153. The molecule has 0 aliphatic heterocycles. The van der Waals surface area contributed by atoms with E-state index in [-0.39, 0.29) is 29.9 Å². The van der Waals surface area contributed by atoms with Crippen molar-refractivity contribution in [2.24, 2.45) is 0 Å². The summed E-state index contributed by atoms with van der Waals surface area (Å²) in [6, 6.07) is 19.6. The zero-order valence-corrected chi connectivity index (χ0v) is 20.8. The van der Waals surface area contributed by atoms with Gasteiger partial charge in [-0.1, -0.05) is 41.9 Å². The van der Waals surface area contributed by atoms with E-state index >= 15 is 0 Å². The number of ether oxygens (including phenoxy) is 2. The van der Waals surface area contributed by atoms with Crippen molar-refractivity contribution in [2.75, 3.05) is 7.11 Å². The number of rotatable bonds is 7. The Labute approximate surface area is 221 Å². The first kappa shape index (κ1) is 24.9. The highest BCUT2D eigenvalue weighted by Crippen LogP contribution is 2.33. The van der Waals surface area contributed by atoms with Crippen molar-refractivity contribution in [1.82, 2.24) is 14.5 Å². The Morgan fingerprint density at radius 1 is 0.947 bits per heavy atom.